The Bertz CT molecular complexity index is 1100. The van der Waals surface area contributed by atoms with Crippen LogP contribution in [0.5, 0.6) is 0 Å². The monoisotopic (exact) mass is 473 g/mol. The normalized spacial score (nSPS) is 15.9. The van der Waals surface area contributed by atoms with Crippen molar-refractivity contribution in [2.75, 3.05) is 30.4 Å². The van der Waals surface area contributed by atoms with E-state index in [1.165, 1.54) is 0 Å². The number of nitrogens with one attached hydrogen (secondary N) is 2. The summed E-state index contributed by atoms with van der Waals surface area (Å²) in [4.78, 5) is 27.2. The zero-order valence-electron chi connectivity index (χ0n) is 18.2. The number of amides is 2. The number of benzene rings is 2. The quantitative estimate of drug-likeness (QED) is 0.650. The molecule has 168 valence electrons. The maximum atomic E-state index is 13.6. The van der Waals surface area contributed by atoms with E-state index in [4.69, 9.17) is 23.4 Å². The number of carbonyl (C=O) groups is 2. The molecule has 32 heavy (non-hydrogen) atoms. The molecule has 2 aromatic rings. The number of halogens is 2. The number of para-hydroxylation sites is 2. The summed E-state index contributed by atoms with van der Waals surface area (Å²) >= 11 is 12.8. The van der Waals surface area contributed by atoms with Gasteiger partial charge in [0.15, 0.2) is 0 Å². The molecule has 0 saturated heterocycles. The minimum absolute atomic E-state index is 0.0474. The van der Waals surface area contributed by atoms with Gasteiger partial charge in [-0.2, -0.15) is 0 Å². The molecule has 2 amide bonds. The first-order chi connectivity index (χ1) is 15.3. The molecule has 7 nitrogen and oxygen atoms in total. The number of anilines is 2. The second-order valence-corrected chi connectivity index (χ2v) is 8.98. The number of hydrazine groups is 1. The van der Waals surface area contributed by atoms with Crippen LogP contribution in [0.2, 0.25) is 5.02 Å². The SMILES string of the molecule is CC(C)C(=O)NCc1ccc(C(=O)N2CC3=C(Nc4ccccc42)N(C)N(Cl)C3)cc1Cl. The van der Waals surface area contributed by atoms with E-state index in [2.05, 4.69) is 10.6 Å². The second-order valence-electron chi connectivity index (χ2n) is 8.18. The summed E-state index contributed by atoms with van der Waals surface area (Å²) in [5.41, 5.74) is 3.85. The number of hydrogen-bond donors (Lipinski definition) is 2. The maximum Gasteiger partial charge on any atom is 0.258 e. The molecule has 0 radical (unpaired) electrons. The number of nitrogens with zero attached hydrogens (tertiary/aromatic N) is 3. The van der Waals surface area contributed by atoms with Gasteiger partial charge in [0.1, 0.15) is 5.82 Å². The third-order valence-corrected chi connectivity index (χ3v) is 6.32. The van der Waals surface area contributed by atoms with Crippen molar-refractivity contribution in [2.24, 2.45) is 5.92 Å². The Hall–Kier alpha value is -2.74. The summed E-state index contributed by atoms with van der Waals surface area (Å²) in [6.45, 7) is 4.88. The van der Waals surface area contributed by atoms with Gasteiger partial charge in [-0.3, -0.25) is 14.6 Å². The van der Waals surface area contributed by atoms with Gasteiger partial charge in [-0.15, -0.1) is 4.53 Å². The maximum absolute atomic E-state index is 13.6. The van der Waals surface area contributed by atoms with E-state index in [1.54, 1.807) is 27.6 Å². The summed E-state index contributed by atoms with van der Waals surface area (Å²) in [7, 11) is 1.87. The molecule has 0 bridgehead atoms. The zero-order chi connectivity index (χ0) is 23.0. The molecule has 0 aromatic heterocycles. The molecule has 2 aromatic carbocycles. The van der Waals surface area contributed by atoms with Crippen LogP contribution in [0.25, 0.3) is 0 Å². The predicted molar refractivity (Wildman–Crippen MR) is 127 cm³/mol. The smallest absolute Gasteiger partial charge is 0.258 e. The number of fused-ring (bicyclic) bond motifs is 1. The molecular weight excluding hydrogens is 449 g/mol. The van der Waals surface area contributed by atoms with Crippen LogP contribution in [-0.4, -0.2) is 41.5 Å². The summed E-state index contributed by atoms with van der Waals surface area (Å²) < 4.78 is 1.57. The van der Waals surface area contributed by atoms with Crippen LogP contribution in [0.3, 0.4) is 0 Å². The Morgan fingerprint density at radius 3 is 2.62 bits per heavy atom. The Morgan fingerprint density at radius 2 is 1.91 bits per heavy atom. The van der Waals surface area contributed by atoms with Gasteiger partial charge in [0.25, 0.3) is 5.91 Å². The molecule has 9 heteroatoms. The Kier molecular flexibility index (Phi) is 6.33. The highest BCUT2D eigenvalue weighted by Crippen LogP contribution is 2.36. The molecule has 2 N–H and O–H groups in total. The van der Waals surface area contributed by atoms with Crippen LogP contribution in [0.15, 0.2) is 53.9 Å². The molecule has 2 aliphatic rings. The lowest BCUT2D eigenvalue weighted by atomic mass is 10.1. The van der Waals surface area contributed by atoms with E-state index in [0.717, 1.165) is 28.3 Å². The zero-order valence-corrected chi connectivity index (χ0v) is 19.7. The Balaban J connectivity index is 1.61. The highest BCUT2D eigenvalue weighted by Gasteiger charge is 2.33. The molecule has 0 spiro atoms. The fourth-order valence-electron chi connectivity index (χ4n) is 3.74. The third kappa shape index (κ3) is 4.28. The van der Waals surface area contributed by atoms with Gasteiger partial charge < -0.3 is 15.5 Å². The van der Waals surface area contributed by atoms with Gasteiger partial charge in [-0.05, 0) is 29.8 Å². The highest BCUT2D eigenvalue weighted by molar-refractivity contribution is 6.32. The molecule has 0 aliphatic carbocycles. The Morgan fingerprint density at radius 1 is 1.16 bits per heavy atom. The molecule has 4 rings (SSSR count). The Labute approximate surface area is 197 Å². The molecule has 0 atom stereocenters. The van der Waals surface area contributed by atoms with Crippen LogP contribution in [0.4, 0.5) is 11.4 Å². The third-order valence-electron chi connectivity index (χ3n) is 5.62. The van der Waals surface area contributed by atoms with Gasteiger partial charge in [0.05, 0.1) is 24.5 Å². The fraction of sp³-hybridized carbons (Fsp3) is 0.304. The summed E-state index contributed by atoms with van der Waals surface area (Å²) in [5, 5.41) is 8.54. The first-order valence-corrected chi connectivity index (χ1v) is 11.1. The van der Waals surface area contributed by atoms with Crippen molar-refractivity contribution in [3.8, 4) is 0 Å². The van der Waals surface area contributed by atoms with Gasteiger partial charge in [0, 0.05) is 47.4 Å². The number of rotatable bonds is 4. The van der Waals surface area contributed by atoms with E-state index >= 15 is 0 Å². The van der Waals surface area contributed by atoms with Crippen LogP contribution in [0.1, 0.15) is 29.8 Å². The van der Waals surface area contributed by atoms with Crippen molar-refractivity contribution in [3.63, 3.8) is 0 Å². The minimum Gasteiger partial charge on any atom is -0.352 e. The van der Waals surface area contributed by atoms with Crippen molar-refractivity contribution in [3.05, 3.63) is 70.0 Å². The average molecular weight is 474 g/mol. The van der Waals surface area contributed by atoms with Crippen molar-refractivity contribution in [1.82, 2.24) is 14.9 Å². The van der Waals surface area contributed by atoms with Crippen LogP contribution in [-0.2, 0) is 11.3 Å². The fourth-order valence-corrected chi connectivity index (χ4v) is 4.20. The van der Waals surface area contributed by atoms with E-state index in [0.29, 0.717) is 30.2 Å². The van der Waals surface area contributed by atoms with Gasteiger partial charge in [0.2, 0.25) is 5.91 Å². The molecule has 0 saturated carbocycles. The van der Waals surface area contributed by atoms with E-state index in [9.17, 15) is 9.59 Å². The van der Waals surface area contributed by atoms with Gasteiger partial charge in [-0.1, -0.05) is 43.6 Å². The van der Waals surface area contributed by atoms with E-state index in [1.807, 2.05) is 50.2 Å². The number of carbonyl (C=O) groups excluding carboxylic acids is 2. The van der Waals surface area contributed by atoms with Crippen molar-refractivity contribution in [2.45, 2.75) is 20.4 Å². The van der Waals surface area contributed by atoms with Crippen molar-refractivity contribution in [1.29, 1.82) is 0 Å². The summed E-state index contributed by atoms with van der Waals surface area (Å²) in [5.74, 6) is 0.554. The first-order valence-electron chi connectivity index (χ1n) is 10.4. The topological polar surface area (TPSA) is 67.9 Å². The molecule has 2 heterocycles. The lowest BCUT2D eigenvalue weighted by Crippen LogP contribution is -2.34. The van der Waals surface area contributed by atoms with Crippen LogP contribution in [0, 0.1) is 5.92 Å². The summed E-state index contributed by atoms with van der Waals surface area (Å²) in [6, 6.07) is 12.9. The van der Waals surface area contributed by atoms with Crippen molar-refractivity contribution < 1.29 is 9.59 Å². The van der Waals surface area contributed by atoms with E-state index in [-0.39, 0.29) is 17.7 Å². The summed E-state index contributed by atoms with van der Waals surface area (Å²) in [6.07, 6.45) is 0. The lowest BCUT2D eigenvalue weighted by Gasteiger charge is -2.26. The molecule has 0 fully saturated rings. The lowest BCUT2D eigenvalue weighted by molar-refractivity contribution is -0.124. The van der Waals surface area contributed by atoms with Gasteiger partial charge >= 0.3 is 0 Å². The highest BCUT2D eigenvalue weighted by atomic mass is 35.5. The minimum atomic E-state index is -0.164. The first kappa shape index (κ1) is 22.5. The van der Waals surface area contributed by atoms with Crippen molar-refractivity contribution >= 4 is 46.6 Å². The standard InChI is InChI=1S/C23H25Cl2N5O2/c1-14(2)22(31)26-11-16-9-8-15(10-18(16)24)23(32)29-12-17-13-30(25)28(3)21(17)27-19-6-4-5-7-20(19)29/h4-10,14,27H,11-13H2,1-3H3,(H,26,31). The molecule has 2 aliphatic heterocycles. The van der Waals surface area contributed by atoms with Gasteiger partial charge in [-0.25, -0.2) is 0 Å². The van der Waals surface area contributed by atoms with Crippen LogP contribution < -0.4 is 15.5 Å². The van der Waals surface area contributed by atoms with Crippen LogP contribution >= 0.6 is 23.4 Å². The largest absolute Gasteiger partial charge is 0.352 e. The van der Waals surface area contributed by atoms with E-state index < -0.39 is 0 Å². The molecular formula is C23H25Cl2N5O2. The number of hydrogen-bond acceptors (Lipinski definition) is 5. The molecule has 0 unspecified atom stereocenters. The predicted octanol–water partition coefficient (Wildman–Crippen LogP) is 4.21. The second kappa shape index (κ2) is 9.02. The average Bonchev–Trinajstić information content (AvgIpc) is 2.94.